The highest BCUT2D eigenvalue weighted by Crippen LogP contribution is 2.51. The van der Waals surface area contributed by atoms with Crippen molar-refractivity contribution in [2.75, 3.05) is 24.7 Å². The predicted molar refractivity (Wildman–Crippen MR) is 127 cm³/mol. The average Bonchev–Trinajstić information content (AvgIpc) is 2.86. The zero-order valence-corrected chi connectivity index (χ0v) is 19.3. The highest BCUT2D eigenvalue weighted by molar-refractivity contribution is 7.99. The van der Waals surface area contributed by atoms with Gasteiger partial charge in [-0.25, -0.2) is 0 Å². The van der Waals surface area contributed by atoms with Crippen molar-refractivity contribution in [2.24, 2.45) is 5.41 Å². The third-order valence-electron chi connectivity index (χ3n) is 6.52. The lowest BCUT2D eigenvalue weighted by Gasteiger charge is -2.40. The Bertz CT molecular complexity index is 766. The molecule has 2 aromatic rings. The van der Waals surface area contributed by atoms with E-state index in [0.29, 0.717) is 0 Å². The minimum atomic E-state index is -0.367. The molecule has 0 saturated heterocycles. The molecule has 0 bridgehead atoms. The summed E-state index contributed by atoms with van der Waals surface area (Å²) in [4.78, 5) is 3.49. The van der Waals surface area contributed by atoms with Gasteiger partial charge in [-0.1, -0.05) is 69.9 Å². The molecule has 1 aliphatic rings. The molecule has 0 aliphatic carbocycles. The van der Waals surface area contributed by atoms with Crippen molar-refractivity contribution in [3.8, 4) is 0 Å². The highest BCUT2D eigenvalue weighted by atomic mass is 32.2. The molecule has 1 heterocycles. The van der Waals surface area contributed by atoms with Crippen LogP contribution in [-0.2, 0) is 0 Å². The molecule has 0 spiro atoms. The van der Waals surface area contributed by atoms with Gasteiger partial charge in [-0.05, 0) is 42.2 Å². The summed E-state index contributed by atoms with van der Waals surface area (Å²) in [6.45, 7) is 4.52. The number of aliphatic hydroxyl groups is 1. The summed E-state index contributed by atoms with van der Waals surface area (Å²) in [5, 5.41) is 12.0. The van der Waals surface area contributed by atoms with Crippen LogP contribution in [0.25, 0.3) is 0 Å². The van der Waals surface area contributed by atoms with Gasteiger partial charge in [0.25, 0.3) is 0 Å². The Labute approximate surface area is 181 Å². The second kappa shape index (κ2) is 10.0. The largest absolute Gasteiger partial charge is 0.392 e. The number of hydrogen-bond acceptors (Lipinski definition) is 3. The SMILES string of the molecule is CCCCC1(CCCC)CSc2ccc(N(C)C)cc2C(c2ccccc2)C1O. The molecule has 0 aromatic heterocycles. The number of benzene rings is 2. The van der Waals surface area contributed by atoms with Gasteiger partial charge in [-0.15, -0.1) is 11.8 Å². The lowest BCUT2D eigenvalue weighted by molar-refractivity contribution is 0.0135. The predicted octanol–water partition coefficient (Wildman–Crippen LogP) is 6.72. The fourth-order valence-electron chi connectivity index (χ4n) is 4.66. The van der Waals surface area contributed by atoms with Crippen molar-refractivity contribution in [1.29, 1.82) is 0 Å². The van der Waals surface area contributed by atoms with Gasteiger partial charge in [-0.2, -0.15) is 0 Å². The molecular formula is C26H37NOS. The van der Waals surface area contributed by atoms with E-state index in [2.05, 4.69) is 81.4 Å². The Balaban J connectivity index is 2.13. The van der Waals surface area contributed by atoms with Gasteiger partial charge < -0.3 is 10.0 Å². The molecule has 29 heavy (non-hydrogen) atoms. The van der Waals surface area contributed by atoms with E-state index in [0.717, 1.165) is 18.6 Å². The lowest BCUT2D eigenvalue weighted by Crippen LogP contribution is -2.41. The van der Waals surface area contributed by atoms with E-state index in [1.165, 1.54) is 47.4 Å². The highest BCUT2D eigenvalue weighted by Gasteiger charge is 2.45. The molecule has 2 nitrogen and oxygen atoms in total. The fraction of sp³-hybridized carbons (Fsp3) is 0.538. The molecule has 2 atom stereocenters. The van der Waals surface area contributed by atoms with Crippen molar-refractivity contribution in [3.63, 3.8) is 0 Å². The van der Waals surface area contributed by atoms with Crippen LogP contribution in [0.3, 0.4) is 0 Å². The first-order valence-electron chi connectivity index (χ1n) is 11.2. The number of thioether (sulfide) groups is 1. The molecule has 2 aromatic carbocycles. The number of rotatable bonds is 8. The van der Waals surface area contributed by atoms with Crippen molar-refractivity contribution < 1.29 is 5.11 Å². The first kappa shape index (κ1) is 22.2. The van der Waals surface area contributed by atoms with Gasteiger partial charge in [0.1, 0.15) is 0 Å². The second-order valence-electron chi connectivity index (χ2n) is 8.81. The maximum atomic E-state index is 12.0. The molecule has 0 fully saturated rings. The summed E-state index contributed by atoms with van der Waals surface area (Å²) in [6.07, 6.45) is 6.57. The monoisotopic (exact) mass is 411 g/mol. The molecule has 3 rings (SSSR count). The molecule has 158 valence electrons. The summed E-state index contributed by atoms with van der Waals surface area (Å²) < 4.78 is 0. The van der Waals surface area contributed by atoms with Crippen LogP contribution >= 0.6 is 11.8 Å². The Morgan fingerprint density at radius 3 is 2.24 bits per heavy atom. The van der Waals surface area contributed by atoms with Gasteiger partial charge in [0.15, 0.2) is 0 Å². The van der Waals surface area contributed by atoms with Gasteiger partial charge in [0, 0.05) is 41.8 Å². The van der Waals surface area contributed by atoms with Crippen LogP contribution in [0.5, 0.6) is 0 Å². The number of anilines is 1. The van der Waals surface area contributed by atoms with Crippen LogP contribution in [0.4, 0.5) is 5.69 Å². The third-order valence-corrected chi connectivity index (χ3v) is 7.92. The molecule has 2 unspecified atom stereocenters. The summed E-state index contributed by atoms with van der Waals surface area (Å²) in [6, 6.07) is 17.5. The maximum Gasteiger partial charge on any atom is 0.0713 e. The summed E-state index contributed by atoms with van der Waals surface area (Å²) in [5.41, 5.74) is 3.69. The fourth-order valence-corrected chi connectivity index (χ4v) is 6.08. The molecule has 0 radical (unpaired) electrons. The van der Waals surface area contributed by atoms with Crippen LogP contribution in [0, 0.1) is 5.41 Å². The van der Waals surface area contributed by atoms with E-state index in [-0.39, 0.29) is 17.4 Å². The van der Waals surface area contributed by atoms with Gasteiger partial charge in [0.05, 0.1) is 6.10 Å². The molecule has 0 saturated carbocycles. The van der Waals surface area contributed by atoms with Crippen LogP contribution < -0.4 is 4.90 Å². The van der Waals surface area contributed by atoms with Crippen LogP contribution in [0.2, 0.25) is 0 Å². The summed E-state index contributed by atoms with van der Waals surface area (Å²) in [5.74, 6) is 1.03. The summed E-state index contributed by atoms with van der Waals surface area (Å²) >= 11 is 1.96. The average molecular weight is 412 g/mol. The molecule has 1 aliphatic heterocycles. The lowest BCUT2D eigenvalue weighted by atomic mass is 9.68. The Kier molecular flexibility index (Phi) is 7.70. The van der Waals surface area contributed by atoms with Gasteiger partial charge in [-0.3, -0.25) is 0 Å². The minimum absolute atomic E-state index is 0.0230. The first-order chi connectivity index (χ1) is 14.0. The van der Waals surface area contributed by atoms with Crippen molar-refractivity contribution >= 4 is 17.4 Å². The van der Waals surface area contributed by atoms with Crippen LogP contribution in [0.1, 0.15) is 69.4 Å². The number of fused-ring (bicyclic) bond motifs is 1. The van der Waals surface area contributed by atoms with Crippen LogP contribution in [0.15, 0.2) is 53.4 Å². The summed E-state index contributed by atoms with van der Waals surface area (Å²) in [7, 11) is 4.18. The zero-order valence-electron chi connectivity index (χ0n) is 18.5. The quantitative estimate of drug-likeness (QED) is 0.521. The van der Waals surface area contributed by atoms with Crippen molar-refractivity contribution in [1.82, 2.24) is 0 Å². The minimum Gasteiger partial charge on any atom is -0.392 e. The molecule has 0 amide bonds. The smallest absolute Gasteiger partial charge is 0.0713 e. The number of aliphatic hydroxyl groups excluding tert-OH is 1. The van der Waals surface area contributed by atoms with E-state index in [4.69, 9.17) is 0 Å². The maximum absolute atomic E-state index is 12.0. The van der Waals surface area contributed by atoms with Gasteiger partial charge in [0.2, 0.25) is 0 Å². The third kappa shape index (κ3) is 4.83. The van der Waals surface area contributed by atoms with E-state index in [1.54, 1.807) is 0 Å². The Hall–Kier alpha value is -1.45. The Morgan fingerprint density at radius 1 is 1.00 bits per heavy atom. The standard InChI is InChI=1S/C26H37NOS/c1-5-7-16-26(17-8-6-2)19-29-23-15-14-21(27(3)4)18-22(23)24(25(26)28)20-12-10-9-11-13-20/h9-15,18,24-25,28H,5-8,16-17,19H2,1-4H3. The number of nitrogens with zero attached hydrogens (tertiary/aromatic N) is 1. The number of hydrogen-bond donors (Lipinski definition) is 1. The normalized spacial score (nSPS) is 20.7. The van der Waals surface area contributed by atoms with Crippen molar-refractivity contribution in [3.05, 3.63) is 59.7 Å². The van der Waals surface area contributed by atoms with Crippen LogP contribution in [-0.4, -0.2) is 31.1 Å². The van der Waals surface area contributed by atoms with E-state index in [1.807, 2.05) is 11.8 Å². The van der Waals surface area contributed by atoms with Crippen molar-refractivity contribution in [2.45, 2.75) is 69.3 Å². The number of unbranched alkanes of at least 4 members (excludes halogenated alkanes) is 2. The molecule has 1 N–H and O–H groups in total. The van der Waals surface area contributed by atoms with E-state index < -0.39 is 0 Å². The first-order valence-corrected chi connectivity index (χ1v) is 12.2. The Morgan fingerprint density at radius 2 is 1.66 bits per heavy atom. The second-order valence-corrected chi connectivity index (χ2v) is 9.83. The zero-order chi connectivity index (χ0) is 20.9. The topological polar surface area (TPSA) is 23.5 Å². The van der Waals surface area contributed by atoms with E-state index >= 15 is 0 Å². The molecular weight excluding hydrogens is 374 g/mol. The van der Waals surface area contributed by atoms with E-state index in [9.17, 15) is 5.11 Å². The van der Waals surface area contributed by atoms with Gasteiger partial charge >= 0.3 is 0 Å². The molecule has 3 heteroatoms.